The molecule has 9 nitrogen and oxygen atoms in total. The van der Waals surface area contributed by atoms with Crippen LogP contribution in [0.15, 0.2) is 60.9 Å². The van der Waals surface area contributed by atoms with Crippen LogP contribution in [0.3, 0.4) is 0 Å². The minimum absolute atomic E-state index is 0.0689. The molecule has 1 fully saturated rings. The fourth-order valence-corrected chi connectivity index (χ4v) is 4.41. The van der Waals surface area contributed by atoms with Crippen LogP contribution in [0.4, 0.5) is 10.5 Å². The number of ether oxygens (including phenoxy) is 1. The van der Waals surface area contributed by atoms with Gasteiger partial charge in [-0.25, -0.2) is 9.59 Å². The number of nitrogens with one attached hydrogen (secondary N) is 2. The molecule has 0 saturated heterocycles. The van der Waals surface area contributed by atoms with Crippen LogP contribution in [0.1, 0.15) is 43.7 Å². The average Bonchev–Trinajstić information content (AvgIpc) is 3.33. The van der Waals surface area contributed by atoms with Gasteiger partial charge < -0.3 is 20.5 Å². The summed E-state index contributed by atoms with van der Waals surface area (Å²) in [5.41, 5.74) is 2.55. The predicted molar refractivity (Wildman–Crippen MR) is 128 cm³/mol. The second kappa shape index (κ2) is 8.26. The molecule has 3 N–H and O–H groups in total. The van der Waals surface area contributed by atoms with Crippen LogP contribution in [0.5, 0.6) is 0 Å². The number of hydrogen-bond acceptors (Lipinski definition) is 5. The highest BCUT2D eigenvalue weighted by molar-refractivity contribution is 6.02. The Morgan fingerprint density at radius 2 is 1.69 bits per heavy atom. The van der Waals surface area contributed by atoms with Gasteiger partial charge in [-0.05, 0) is 48.9 Å². The van der Waals surface area contributed by atoms with Gasteiger partial charge in [0.25, 0.3) is 0 Å². The van der Waals surface area contributed by atoms with E-state index >= 15 is 0 Å². The lowest BCUT2D eigenvalue weighted by Crippen LogP contribution is -2.46. The number of carboxylic acid groups (broad SMARTS) is 1. The van der Waals surface area contributed by atoms with Gasteiger partial charge in [0, 0.05) is 12.1 Å². The first-order chi connectivity index (χ1) is 16.7. The number of aromatic nitrogens is 2. The maximum atomic E-state index is 12.9. The van der Waals surface area contributed by atoms with E-state index in [0.29, 0.717) is 18.5 Å². The summed E-state index contributed by atoms with van der Waals surface area (Å²) in [7, 11) is 0. The van der Waals surface area contributed by atoms with E-state index in [9.17, 15) is 19.5 Å². The zero-order chi connectivity index (χ0) is 24.8. The molecule has 180 valence electrons. The quantitative estimate of drug-likeness (QED) is 0.480. The van der Waals surface area contributed by atoms with Crippen molar-refractivity contribution < 1.29 is 24.2 Å². The van der Waals surface area contributed by atoms with Crippen molar-refractivity contribution in [2.75, 3.05) is 11.9 Å². The van der Waals surface area contributed by atoms with Crippen LogP contribution in [-0.2, 0) is 19.9 Å². The zero-order valence-electron chi connectivity index (χ0n) is 19.4. The first-order valence-electron chi connectivity index (χ1n) is 11.4. The van der Waals surface area contributed by atoms with E-state index < -0.39 is 29.0 Å². The van der Waals surface area contributed by atoms with E-state index in [4.69, 9.17) is 4.74 Å². The molecule has 2 aromatic carbocycles. The van der Waals surface area contributed by atoms with E-state index in [1.54, 1.807) is 0 Å². The SMILES string of the molecule is CC(C)(C(=O)O)n1cc(NC(=O)C2(NC(=O)OCC3c4ccccc4-c4ccccc43)CC2)cn1. The molecule has 3 aromatic rings. The Balaban J connectivity index is 1.21. The Morgan fingerprint density at radius 3 is 2.26 bits per heavy atom. The van der Waals surface area contributed by atoms with Gasteiger partial charge in [-0.15, -0.1) is 0 Å². The fourth-order valence-electron chi connectivity index (χ4n) is 4.41. The monoisotopic (exact) mass is 474 g/mol. The number of rotatable bonds is 7. The van der Waals surface area contributed by atoms with Crippen molar-refractivity contribution in [1.82, 2.24) is 15.1 Å². The van der Waals surface area contributed by atoms with Crippen LogP contribution in [0, 0.1) is 0 Å². The molecule has 0 aliphatic heterocycles. The summed E-state index contributed by atoms with van der Waals surface area (Å²) in [4.78, 5) is 37.0. The predicted octanol–water partition coefficient (Wildman–Crippen LogP) is 3.71. The van der Waals surface area contributed by atoms with Gasteiger partial charge >= 0.3 is 12.1 Å². The number of fused-ring (bicyclic) bond motifs is 3. The van der Waals surface area contributed by atoms with Crippen molar-refractivity contribution in [1.29, 1.82) is 0 Å². The summed E-state index contributed by atoms with van der Waals surface area (Å²) >= 11 is 0. The molecule has 2 aliphatic rings. The minimum Gasteiger partial charge on any atom is -0.479 e. The molecule has 2 amide bonds. The molecule has 5 rings (SSSR count). The summed E-state index contributed by atoms with van der Waals surface area (Å²) < 4.78 is 6.85. The number of carboxylic acids is 1. The van der Waals surface area contributed by atoms with Gasteiger partial charge in [0.2, 0.25) is 5.91 Å². The van der Waals surface area contributed by atoms with Gasteiger partial charge in [0.15, 0.2) is 5.54 Å². The van der Waals surface area contributed by atoms with Crippen molar-refractivity contribution in [3.63, 3.8) is 0 Å². The first-order valence-corrected chi connectivity index (χ1v) is 11.4. The normalized spacial score (nSPS) is 15.6. The lowest BCUT2D eigenvalue weighted by molar-refractivity contribution is -0.146. The minimum atomic E-state index is -1.26. The third kappa shape index (κ3) is 4.03. The number of carbonyl (C=O) groups excluding carboxylic acids is 2. The lowest BCUT2D eigenvalue weighted by Gasteiger charge is -2.20. The third-order valence-corrected chi connectivity index (χ3v) is 6.81. The Hall–Kier alpha value is -4.14. The molecule has 1 aromatic heterocycles. The number of anilines is 1. The van der Waals surface area contributed by atoms with Crippen LogP contribution in [-0.4, -0.2) is 45.0 Å². The van der Waals surface area contributed by atoms with E-state index in [0.717, 1.165) is 22.3 Å². The topological polar surface area (TPSA) is 123 Å². The molecular weight excluding hydrogens is 448 g/mol. The number of benzene rings is 2. The summed E-state index contributed by atoms with van der Waals surface area (Å²) in [6.07, 6.45) is 3.15. The zero-order valence-corrected chi connectivity index (χ0v) is 19.4. The smallest absolute Gasteiger partial charge is 0.408 e. The molecule has 0 radical (unpaired) electrons. The fraction of sp³-hybridized carbons (Fsp3) is 0.308. The van der Waals surface area contributed by atoms with Crippen molar-refractivity contribution in [2.24, 2.45) is 0 Å². The third-order valence-electron chi connectivity index (χ3n) is 6.81. The number of amides is 2. The molecule has 0 unspecified atom stereocenters. The molecule has 9 heteroatoms. The largest absolute Gasteiger partial charge is 0.479 e. The van der Waals surface area contributed by atoms with Crippen molar-refractivity contribution >= 4 is 23.7 Å². The second-order valence-corrected chi connectivity index (χ2v) is 9.52. The molecule has 1 saturated carbocycles. The van der Waals surface area contributed by atoms with Gasteiger partial charge in [-0.2, -0.15) is 5.10 Å². The number of carbonyl (C=O) groups is 3. The Labute approximate surface area is 202 Å². The summed E-state index contributed by atoms with van der Waals surface area (Å²) in [6.45, 7) is 3.18. The number of hydrogen-bond donors (Lipinski definition) is 3. The lowest BCUT2D eigenvalue weighted by atomic mass is 9.98. The van der Waals surface area contributed by atoms with Crippen molar-refractivity contribution in [3.8, 4) is 11.1 Å². The van der Waals surface area contributed by atoms with Crippen LogP contribution >= 0.6 is 0 Å². The molecule has 0 bridgehead atoms. The van der Waals surface area contributed by atoms with Crippen molar-refractivity contribution in [3.05, 3.63) is 72.1 Å². The maximum Gasteiger partial charge on any atom is 0.408 e. The second-order valence-electron chi connectivity index (χ2n) is 9.52. The van der Waals surface area contributed by atoms with Gasteiger partial charge in [-0.1, -0.05) is 48.5 Å². The summed E-state index contributed by atoms with van der Waals surface area (Å²) in [5.74, 6) is -1.51. The van der Waals surface area contributed by atoms with Gasteiger partial charge in [-0.3, -0.25) is 9.48 Å². The highest BCUT2D eigenvalue weighted by Crippen LogP contribution is 2.44. The van der Waals surface area contributed by atoms with Gasteiger partial charge in [0.05, 0.1) is 11.9 Å². The Morgan fingerprint density at radius 1 is 1.09 bits per heavy atom. The molecule has 35 heavy (non-hydrogen) atoms. The molecule has 1 heterocycles. The molecule has 2 aliphatic carbocycles. The number of alkyl carbamates (subject to hydrolysis) is 1. The number of aliphatic carboxylic acids is 1. The summed E-state index contributed by atoms with van der Waals surface area (Å²) in [6, 6.07) is 16.2. The maximum absolute atomic E-state index is 12.9. The van der Waals surface area contributed by atoms with Crippen LogP contribution in [0.2, 0.25) is 0 Å². The van der Waals surface area contributed by atoms with E-state index in [1.807, 2.05) is 36.4 Å². The molecular formula is C26H26N4O5. The Bertz CT molecular complexity index is 1280. The van der Waals surface area contributed by atoms with E-state index in [-0.39, 0.29) is 12.5 Å². The highest BCUT2D eigenvalue weighted by atomic mass is 16.5. The number of nitrogens with zero attached hydrogens (tertiary/aromatic N) is 2. The van der Waals surface area contributed by atoms with Crippen LogP contribution < -0.4 is 10.6 Å². The average molecular weight is 475 g/mol. The Kier molecular flexibility index (Phi) is 5.35. The summed E-state index contributed by atoms with van der Waals surface area (Å²) in [5, 5.41) is 18.8. The molecule has 0 atom stereocenters. The highest BCUT2D eigenvalue weighted by Gasteiger charge is 2.52. The van der Waals surface area contributed by atoms with E-state index in [1.165, 1.54) is 30.9 Å². The van der Waals surface area contributed by atoms with Gasteiger partial charge in [0.1, 0.15) is 12.1 Å². The van der Waals surface area contributed by atoms with Crippen molar-refractivity contribution in [2.45, 2.75) is 43.7 Å². The standard InChI is InChI=1S/C26H26N4O5/c1-25(2,23(32)33)30-14-16(13-27-30)28-22(31)26(11-12-26)29-24(34)35-15-21-19-9-5-3-7-17(19)18-8-4-6-10-20(18)21/h3-10,13-14,21H,11-12,15H2,1-2H3,(H,28,31)(H,29,34)(H,32,33). The van der Waals surface area contributed by atoms with E-state index in [2.05, 4.69) is 27.9 Å². The van der Waals surface area contributed by atoms with Crippen LogP contribution in [0.25, 0.3) is 11.1 Å². The first kappa shape index (κ1) is 22.6. The molecule has 0 spiro atoms.